The summed E-state index contributed by atoms with van der Waals surface area (Å²) in [5, 5.41) is 7.29. The van der Waals surface area contributed by atoms with Crippen molar-refractivity contribution in [2.45, 2.75) is 13.0 Å². The summed E-state index contributed by atoms with van der Waals surface area (Å²) >= 11 is 5.99. The summed E-state index contributed by atoms with van der Waals surface area (Å²) in [7, 11) is 0. The molecule has 7 heteroatoms. The predicted octanol–water partition coefficient (Wildman–Crippen LogP) is 2.25. The molecule has 4 N–H and O–H groups in total. The van der Waals surface area contributed by atoms with E-state index in [0.29, 0.717) is 16.9 Å². The molecular weight excluding hydrogens is 300 g/mol. The van der Waals surface area contributed by atoms with E-state index in [1.807, 2.05) is 30.3 Å². The van der Waals surface area contributed by atoms with Gasteiger partial charge in [-0.15, -0.1) is 0 Å². The zero-order valence-corrected chi connectivity index (χ0v) is 13.1. The average molecular weight is 319 g/mol. The van der Waals surface area contributed by atoms with Gasteiger partial charge >= 0.3 is 0 Å². The fraction of sp³-hybridized carbons (Fsp3) is 0.333. The molecule has 1 fully saturated rings. The number of hydrogen-bond acceptors (Lipinski definition) is 6. The molecule has 0 amide bonds. The molecule has 0 spiro atoms. The summed E-state index contributed by atoms with van der Waals surface area (Å²) in [5.74, 6) is 1.76. The third kappa shape index (κ3) is 3.40. The van der Waals surface area contributed by atoms with Crippen LogP contribution in [-0.2, 0) is 0 Å². The molecule has 1 aromatic carbocycles. The quantitative estimate of drug-likeness (QED) is 0.785. The number of nitrogens with two attached hydrogens (primary N) is 1. The summed E-state index contributed by atoms with van der Waals surface area (Å²) in [6, 6.07) is 9.89. The third-order valence-electron chi connectivity index (χ3n) is 3.53. The van der Waals surface area contributed by atoms with E-state index in [1.165, 1.54) is 0 Å². The van der Waals surface area contributed by atoms with Crippen LogP contribution >= 0.6 is 11.6 Å². The Kier molecular flexibility index (Phi) is 4.31. The van der Waals surface area contributed by atoms with Crippen molar-refractivity contribution in [2.75, 3.05) is 35.6 Å². The molecular formula is C15H19ClN6. The number of benzene rings is 1. The molecule has 0 radical (unpaired) electrons. The minimum Gasteiger partial charge on any atom is -0.368 e. The number of likely N-dealkylation sites (N-methyl/N-ethyl adjacent to an activating group) is 1. The van der Waals surface area contributed by atoms with Gasteiger partial charge in [0.15, 0.2) is 0 Å². The molecule has 0 aliphatic carbocycles. The van der Waals surface area contributed by atoms with Gasteiger partial charge in [0.2, 0.25) is 5.95 Å². The van der Waals surface area contributed by atoms with Gasteiger partial charge in [0.05, 0.1) is 0 Å². The first-order chi connectivity index (χ1) is 10.6. The number of rotatable bonds is 5. The molecule has 3 rings (SSSR count). The van der Waals surface area contributed by atoms with Gasteiger partial charge in [0, 0.05) is 35.9 Å². The lowest BCUT2D eigenvalue weighted by Gasteiger charge is -2.40. The van der Waals surface area contributed by atoms with Gasteiger partial charge in [-0.1, -0.05) is 24.6 Å². The van der Waals surface area contributed by atoms with E-state index in [9.17, 15) is 0 Å². The zero-order valence-electron chi connectivity index (χ0n) is 12.4. The first-order valence-electron chi connectivity index (χ1n) is 7.29. The number of nitrogen functional groups attached to an aromatic ring is 1. The third-order valence-corrected chi connectivity index (χ3v) is 3.76. The van der Waals surface area contributed by atoms with E-state index in [2.05, 4.69) is 32.4 Å². The maximum atomic E-state index is 5.99. The molecule has 2 heterocycles. The van der Waals surface area contributed by atoms with Crippen LogP contribution in [0.5, 0.6) is 0 Å². The second kappa shape index (κ2) is 6.37. The van der Waals surface area contributed by atoms with Crippen molar-refractivity contribution in [1.82, 2.24) is 15.3 Å². The van der Waals surface area contributed by atoms with Gasteiger partial charge in [0.1, 0.15) is 11.6 Å². The number of aromatic nitrogens is 2. The molecule has 1 aliphatic rings. The molecule has 0 bridgehead atoms. The fourth-order valence-corrected chi connectivity index (χ4v) is 2.67. The molecule has 2 aromatic rings. The van der Waals surface area contributed by atoms with Crippen LogP contribution in [-0.4, -0.2) is 35.6 Å². The predicted molar refractivity (Wildman–Crippen MR) is 90.9 cm³/mol. The van der Waals surface area contributed by atoms with Gasteiger partial charge in [-0.2, -0.15) is 9.97 Å². The fourth-order valence-electron chi connectivity index (χ4n) is 2.48. The lowest BCUT2D eigenvalue weighted by atomic mass is 10.1. The van der Waals surface area contributed by atoms with Crippen LogP contribution in [0.25, 0.3) is 0 Å². The second-order valence-electron chi connectivity index (χ2n) is 5.26. The second-order valence-corrected chi connectivity index (χ2v) is 5.70. The lowest BCUT2D eigenvalue weighted by molar-refractivity contribution is 0.427. The highest BCUT2D eigenvalue weighted by Gasteiger charge is 2.27. The van der Waals surface area contributed by atoms with Crippen molar-refractivity contribution in [2.24, 2.45) is 0 Å². The van der Waals surface area contributed by atoms with E-state index in [-0.39, 0.29) is 5.95 Å². The Bertz CT molecular complexity index is 656. The Morgan fingerprint density at radius 2 is 2.14 bits per heavy atom. The van der Waals surface area contributed by atoms with Crippen LogP contribution in [0.2, 0.25) is 5.02 Å². The van der Waals surface area contributed by atoms with Crippen molar-refractivity contribution in [3.05, 3.63) is 35.4 Å². The van der Waals surface area contributed by atoms with E-state index in [4.69, 9.17) is 17.3 Å². The Morgan fingerprint density at radius 1 is 1.32 bits per heavy atom. The summed E-state index contributed by atoms with van der Waals surface area (Å²) < 4.78 is 0. The summed E-state index contributed by atoms with van der Waals surface area (Å²) in [6.45, 7) is 4.95. The molecule has 1 aromatic heterocycles. The van der Waals surface area contributed by atoms with Gasteiger partial charge < -0.3 is 21.3 Å². The van der Waals surface area contributed by atoms with Gasteiger partial charge in [-0.05, 0) is 24.7 Å². The summed E-state index contributed by atoms with van der Waals surface area (Å²) in [4.78, 5) is 10.7. The average Bonchev–Trinajstić information content (AvgIpc) is 2.41. The van der Waals surface area contributed by atoms with E-state index in [1.54, 1.807) is 0 Å². The van der Waals surface area contributed by atoms with E-state index < -0.39 is 0 Å². The lowest BCUT2D eigenvalue weighted by Crippen LogP contribution is -2.58. The van der Waals surface area contributed by atoms with Crippen molar-refractivity contribution in [3.8, 4) is 0 Å². The number of nitrogens with zero attached hydrogens (tertiary/aromatic N) is 3. The SMILES string of the molecule is CCNC1CN(c2cc(Nc3cccc(Cl)c3)nc(N)n2)C1. The first kappa shape index (κ1) is 14.9. The van der Waals surface area contributed by atoms with Crippen LogP contribution in [0.15, 0.2) is 30.3 Å². The van der Waals surface area contributed by atoms with Crippen LogP contribution in [0.3, 0.4) is 0 Å². The van der Waals surface area contributed by atoms with E-state index in [0.717, 1.165) is 31.1 Å². The Hall–Kier alpha value is -2.05. The molecule has 22 heavy (non-hydrogen) atoms. The number of hydrogen-bond donors (Lipinski definition) is 3. The van der Waals surface area contributed by atoms with Crippen LogP contribution in [0.1, 0.15) is 6.92 Å². The topological polar surface area (TPSA) is 79.1 Å². The zero-order chi connectivity index (χ0) is 15.5. The maximum Gasteiger partial charge on any atom is 0.223 e. The van der Waals surface area contributed by atoms with Gasteiger partial charge in [-0.3, -0.25) is 0 Å². The molecule has 1 aliphatic heterocycles. The first-order valence-corrected chi connectivity index (χ1v) is 7.67. The Morgan fingerprint density at radius 3 is 2.86 bits per heavy atom. The van der Waals surface area contributed by atoms with Crippen molar-refractivity contribution in [3.63, 3.8) is 0 Å². The van der Waals surface area contributed by atoms with Crippen LogP contribution < -0.4 is 21.3 Å². The molecule has 1 saturated heterocycles. The number of nitrogens with one attached hydrogen (secondary N) is 2. The minimum absolute atomic E-state index is 0.258. The largest absolute Gasteiger partial charge is 0.368 e. The standard InChI is InChI=1S/C15H19ClN6/c1-2-18-12-8-22(9-12)14-7-13(20-15(17)21-14)19-11-5-3-4-10(16)6-11/h3-7,12,18H,2,8-9H2,1H3,(H3,17,19,20,21). The van der Waals surface area contributed by atoms with Crippen LogP contribution in [0, 0.1) is 0 Å². The molecule has 0 unspecified atom stereocenters. The Balaban J connectivity index is 1.73. The molecule has 0 saturated carbocycles. The monoisotopic (exact) mass is 318 g/mol. The van der Waals surface area contributed by atoms with Gasteiger partial charge in [0.25, 0.3) is 0 Å². The highest BCUT2D eigenvalue weighted by Crippen LogP contribution is 2.25. The highest BCUT2D eigenvalue weighted by atomic mass is 35.5. The van der Waals surface area contributed by atoms with Crippen molar-refractivity contribution in [1.29, 1.82) is 0 Å². The number of halogens is 1. The van der Waals surface area contributed by atoms with Gasteiger partial charge in [-0.25, -0.2) is 0 Å². The minimum atomic E-state index is 0.258. The Labute approximate surface area is 134 Å². The number of anilines is 4. The summed E-state index contributed by atoms with van der Waals surface area (Å²) in [5.41, 5.74) is 6.69. The smallest absolute Gasteiger partial charge is 0.223 e. The van der Waals surface area contributed by atoms with Crippen LogP contribution in [0.4, 0.5) is 23.3 Å². The molecule has 0 atom stereocenters. The molecule has 6 nitrogen and oxygen atoms in total. The summed E-state index contributed by atoms with van der Waals surface area (Å²) in [6.07, 6.45) is 0. The highest BCUT2D eigenvalue weighted by molar-refractivity contribution is 6.30. The van der Waals surface area contributed by atoms with E-state index >= 15 is 0 Å². The van der Waals surface area contributed by atoms with Crippen molar-refractivity contribution >= 4 is 34.9 Å². The van der Waals surface area contributed by atoms with Crippen molar-refractivity contribution < 1.29 is 0 Å². The normalized spacial score (nSPS) is 14.7. The maximum absolute atomic E-state index is 5.99. The molecule has 116 valence electrons.